The number of carbonyl (C=O) groups is 2. The molecule has 1 aromatic carbocycles. The minimum Gasteiger partial charge on any atom is -0.460 e. The van der Waals surface area contributed by atoms with Crippen molar-refractivity contribution in [3.05, 3.63) is 56.7 Å². The van der Waals surface area contributed by atoms with E-state index in [9.17, 15) is 19.6 Å². The predicted molar refractivity (Wildman–Crippen MR) is 144 cm³/mol. The monoisotopic (exact) mass is 537 g/mol. The number of thiophene rings is 1. The van der Waals surface area contributed by atoms with Gasteiger partial charge in [-0.3, -0.25) is 14.2 Å². The average molecular weight is 538 g/mol. The Morgan fingerprint density at radius 3 is 2.76 bits per heavy atom. The number of alkyl carbamates (subject to hydrolysis) is 1. The summed E-state index contributed by atoms with van der Waals surface area (Å²) < 4.78 is 12.6. The zero-order chi connectivity index (χ0) is 27.4. The molecule has 0 aliphatic carbocycles. The molecule has 1 atom stereocenters. The number of aromatic nitrogens is 2. The second kappa shape index (κ2) is 11.2. The van der Waals surface area contributed by atoms with E-state index in [0.29, 0.717) is 45.3 Å². The van der Waals surface area contributed by atoms with Crippen molar-refractivity contribution in [1.82, 2.24) is 14.9 Å². The number of nitriles is 1. The normalized spacial score (nSPS) is 15.7. The first-order chi connectivity index (χ1) is 18.0. The minimum absolute atomic E-state index is 0.0635. The molecular formula is C27H31N5O5S. The van der Waals surface area contributed by atoms with Gasteiger partial charge in [-0.1, -0.05) is 18.2 Å². The Bertz CT molecular complexity index is 1450. The van der Waals surface area contributed by atoms with Crippen molar-refractivity contribution < 1.29 is 19.1 Å². The fourth-order valence-corrected chi connectivity index (χ4v) is 5.32. The fraction of sp³-hybridized carbons (Fsp3) is 0.444. The van der Waals surface area contributed by atoms with Gasteiger partial charge in [0.1, 0.15) is 16.9 Å². The molecule has 200 valence electrons. The molecule has 0 radical (unpaired) electrons. The summed E-state index contributed by atoms with van der Waals surface area (Å²) in [7, 11) is 0. The van der Waals surface area contributed by atoms with Crippen LogP contribution in [0.5, 0.6) is 0 Å². The lowest BCUT2D eigenvalue weighted by molar-refractivity contribution is -0.142. The lowest BCUT2D eigenvalue weighted by atomic mass is 10.1. The number of benzene rings is 1. The van der Waals surface area contributed by atoms with E-state index in [1.165, 1.54) is 18.3 Å². The van der Waals surface area contributed by atoms with Gasteiger partial charge in [0.15, 0.2) is 0 Å². The van der Waals surface area contributed by atoms with Crippen molar-refractivity contribution in [2.24, 2.45) is 0 Å². The SMILES string of the molecule is CC(=O)OCc1cc2nc(N3CCC[C@@H](NC(=O)OC(C)(C)C)C3)n(Cc3ccccc3C#N)c(=O)c2s1. The molecule has 0 unspecified atom stereocenters. The van der Waals surface area contributed by atoms with Gasteiger partial charge in [-0.05, 0) is 51.3 Å². The van der Waals surface area contributed by atoms with Crippen LogP contribution < -0.4 is 15.8 Å². The molecule has 3 heterocycles. The number of esters is 1. The Morgan fingerprint density at radius 2 is 2.05 bits per heavy atom. The number of hydrogen-bond acceptors (Lipinski definition) is 9. The molecule has 1 amide bonds. The third-order valence-electron chi connectivity index (χ3n) is 5.97. The van der Waals surface area contributed by atoms with Crippen LogP contribution in [-0.4, -0.2) is 46.3 Å². The molecule has 2 aromatic heterocycles. The number of nitrogens with one attached hydrogen (secondary N) is 1. The first-order valence-corrected chi connectivity index (χ1v) is 13.2. The van der Waals surface area contributed by atoms with Crippen LogP contribution in [0.4, 0.5) is 10.7 Å². The number of anilines is 1. The van der Waals surface area contributed by atoms with Crippen LogP contribution >= 0.6 is 11.3 Å². The van der Waals surface area contributed by atoms with E-state index >= 15 is 0 Å². The van der Waals surface area contributed by atoms with Crippen LogP contribution in [-0.2, 0) is 27.4 Å². The van der Waals surface area contributed by atoms with Gasteiger partial charge in [0.25, 0.3) is 5.56 Å². The zero-order valence-corrected chi connectivity index (χ0v) is 22.8. The number of rotatable bonds is 6. The van der Waals surface area contributed by atoms with Crippen molar-refractivity contribution >= 4 is 39.6 Å². The summed E-state index contributed by atoms with van der Waals surface area (Å²) in [4.78, 5) is 45.0. The van der Waals surface area contributed by atoms with Crippen LogP contribution in [0.1, 0.15) is 56.5 Å². The summed E-state index contributed by atoms with van der Waals surface area (Å²) in [6.07, 6.45) is 1.07. The molecule has 38 heavy (non-hydrogen) atoms. The fourth-order valence-electron chi connectivity index (χ4n) is 4.36. The molecule has 4 rings (SSSR count). The van der Waals surface area contributed by atoms with Gasteiger partial charge < -0.3 is 19.7 Å². The third-order valence-corrected chi connectivity index (χ3v) is 7.06. The van der Waals surface area contributed by atoms with Crippen molar-refractivity contribution in [2.45, 2.75) is 65.3 Å². The molecule has 10 nitrogen and oxygen atoms in total. The van der Waals surface area contributed by atoms with Gasteiger partial charge in [-0.25, -0.2) is 9.78 Å². The molecule has 1 aliphatic heterocycles. The van der Waals surface area contributed by atoms with Gasteiger partial charge in [0.2, 0.25) is 5.95 Å². The number of hydrogen-bond donors (Lipinski definition) is 1. The second-order valence-corrected chi connectivity index (χ2v) is 11.3. The van der Waals surface area contributed by atoms with Crippen LogP contribution in [0.25, 0.3) is 10.2 Å². The molecule has 1 fully saturated rings. The van der Waals surface area contributed by atoms with E-state index < -0.39 is 17.7 Å². The highest BCUT2D eigenvalue weighted by molar-refractivity contribution is 7.18. The second-order valence-electron chi connectivity index (χ2n) is 10.2. The number of nitrogens with zero attached hydrogens (tertiary/aromatic N) is 4. The Balaban J connectivity index is 1.72. The Morgan fingerprint density at radius 1 is 1.29 bits per heavy atom. The molecule has 3 aromatic rings. The molecule has 0 spiro atoms. The Hall–Kier alpha value is -3.91. The third kappa shape index (κ3) is 6.50. The van der Waals surface area contributed by atoms with Gasteiger partial charge in [0, 0.05) is 30.9 Å². The van der Waals surface area contributed by atoms with Crippen LogP contribution in [0.15, 0.2) is 35.1 Å². The summed E-state index contributed by atoms with van der Waals surface area (Å²) in [6.45, 7) is 8.10. The van der Waals surface area contributed by atoms with Gasteiger partial charge in [0.05, 0.1) is 23.7 Å². The zero-order valence-electron chi connectivity index (χ0n) is 21.9. The Labute approximate surface area is 224 Å². The van der Waals surface area contributed by atoms with Crippen molar-refractivity contribution in [3.8, 4) is 6.07 Å². The maximum atomic E-state index is 13.8. The molecule has 11 heteroatoms. The molecule has 1 N–H and O–H groups in total. The van der Waals surface area contributed by atoms with E-state index in [1.54, 1.807) is 22.8 Å². The summed E-state index contributed by atoms with van der Waals surface area (Å²) in [5.74, 6) is 0.0567. The maximum Gasteiger partial charge on any atom is 0.407 e. The van der Waals surface area contributed by atoms with E-state index in [-0.39, 0.29) is 24.8 Å². The van der Waals surface area contributed by atoms with E-state index in [2.05, 4.69) is 11.4 Å². The van der Waals surface area contributed by atoms with Crippen LogP contribution in [0, 0.1) is 11.3 Å². The number of amides is 1. The van der Waals surface area contributed by atoms with Crippen LogP contribution in [0.3, 0.4) is 0 Å². The van der Waals surface area contributed by atoms with E-state index in [0.717, 1.165) is 12.8 Å². The number of fused-ring (bicyclic) bond motifs is 1. The predicted octanol–water partition coefficient (Wildman–Crippen LogP) is 3.93. The van der Waals surface area contributed by atoms with Crippen molar-refractivity contribution in [3.63, 3.8) is 0 Å². The summed E-state index contributed by atoms with van der Waals surface area (Å²) >= 11 is 1.24. The smallest absolute Gasteiger partial charge is 0.407 e. The molecular weight excluding hydrogens is 506 g/mol. The quantitative estimate of drug-likeness (QED) is 0.469. The van der Waals surface area contributed by atoms with Gasteiger partial charge in [-0.2, -0.15) is 5.26 Å². The standard InChI is InChI=1S/C27H31N5O5S/c1-17(33)36-16-21-12-22-23(38-21)24(34)32(14-19-9-6-5-8-18(19)13-28)25(30-22)31-11-7-10-20(15-31)29-26(35)37-27(2,3)4/h5-6,8-9,12,20H,7,10-11,14-16H2,1-4H3,(H,29,35)/t20-/m1/s1. The number of ether oxygens (including phenoxy) is 2. The first kappa shape index (κ1) is 27.1. The van der Waals surface area contributed by atoms with Crippen molar-refractivity contribution in [1.29, 1.82) is 5.26 Å². The lowest BCUT2D eigenvalue weighted by Gasteiger charge is -2.35. The lowest BCUT2D eigenvalue weighted by Crippen LogP contribution is -2.50. The molecule has 1 aliphatic rings. The highest BCUT2D eigenvalue weighted by Gasteiger charge is 2.28. The Kier molecular flexibility index (Phi) is 8.02. The minimum atomic E-state index is -0.609. The molecule has 1 saturated heterocycles. The summed E-state index contributed by atoms with van der Waals surface area (Å²) in [5, 5.41) is 12.5. The highest BCUT2D eigenvalue weighted by Crippen LogP contribution is 2.27. The largest absolute Gasteiger partial charge is 0.460 e. The van der Waals surface area contributed by atoms with E-state index in [4.69, 9.17) is 14.5 Å². The summed E-state index contributed by atoms with van der Waals surface area (Å²) in [6, 6.07) is 10.9. The highest BCUT2D eigenvalue weighted by atomic mass is 32.1. The maximum absolute atomic E-state index is 13.8. The molecule has 0 bridgehead atoms. The van der Waals surface area contributed by atoms with Crippen molar-refractivity contribution in [2.75, 3.05) is 18.0 Å². The first-order valence-electron chi connectivity index (χ1n) is 12.4. The van der Waals surface area contributed by atoms with E-state index in [1.807, 2.05) is 37.8 Å². The van der Waals surface area contributed by atoms with Gasteiger partial charge >= 0.3 is 12.1 Å². The number of piperidine rings is 1. The number of carbonyl (C=O) groups excluding carboxylic acids is 2. The molecule has 0 saturated carbocycles. The van der Waals surface area contributed by atoms with Crippen LogP contribution in [0.2, 0.25) is 0 Å². The summed E-state index contributed by atoms with van der Waals surface area (Å²) in [5.41, 5.74) is 0.859. The van der Waals surface area contributed by atoms with Gasteiger partial charge in [-0.15, -0.1) is 11.3 Å². The average Bonchev–Trinajstić information content (AvgIpc) is 3.27. The topological polar surface area (TPSA) is 127 Å².